The van der Waals surface area contributed by atoms with E-state index in [9.17, 15) is 0 Å². The molecule has 0 aromatic heterocycles. The van der Waals surface area contributed by atoms with Gasteiger partial charge in [-0.1, -0.05) is 48.6 Å². The van der Waals surface area contributed by atoms with Gasteiger partial charge in [0.05, 0.1) is 0 Å². The van der Waals surface area contributed by atoms with Crippen molar-refractivity contribution < 1.29 is 4.74 Å². The lowest BCUT2D eigenvalue weighted by Gasteiger charge is -2.06. The third kappa shape index (κ3) is 2.13. The zero-order chi connectivity index (χ0) is 9.64. The number of hydrogen-bond donors (Lipinski definition) is 0. The fourth-order valence-corrected chi connectivity index (χ4v) is 1.31. The Bertz CT molecular complexity index is 386. The van der Waals surface area contributed by atoms with E-state index in [4.69, 9.17) is 4.74 Å². The number of benzene rings is 1. The van der Waals surface area contributed by atoms with Crippen LogP contribution in [0.2, 0.25) is 0 Å². The lowest BCUT2D eigenvalue weighted by Crippen LogP contribution is -1.95. The molecule has 1 nitrogen and oxygen atoms in total. The Morgan fingerprint density at radius 1 is 0.929 bits per heavy atom. The topological polar surface area (TPSA) is 9.23 Å². The van der Waals surface area contributed by atoms with E-state index < -0.39 is 0 Å². The second-order valence-corrected chi connectivity index (χ2v) is 3.02. The molecule has 2 rings (SSSR count). The van der Waals surface area contributed by atoms with Gasteiger partial charge in [-0.25, -0.2) is 0 Å². The van der Waals surface area contributed by atoms with E-state index >= 15 is 0 Å². The molecule has 1 heterocycles. The van der Waals surface area contributed by atoms with E-state index in [1.54, 1.807) is 0 Å². The van der Waals surface area contributed by atoms with Crippen LogP contribution < -0.4 is 4.74 Å². The summed E-state index contributed by atoms with van der Waals surface area (Å²) in [6, 6.07) is 8.03. The first-order valence-electron chi connectivity index (χ1n) is 4.68. The smallest absolute Gasteiger partial charge is 0.126 e. The summed E-state index contributed by atoms with van der Waals surface area (Å²) >= 11 is 0. The summed E-state index contributed by atoms with van der Waals surface area (Å²) in [6.07, 6.45) is 12.0. The van der Waals surface area contributed by atoms with Crippen LogP contribution in [0.15, 0.2) is 54.6 Å². The van der Waals surface area contributed by atoms with Gasteiger partial charge < -0.3 is 4.74 Å². The number of para-hydroxylation sites is 1. The minimum absolute atomic E-state index is 0.620. The van der Waals surface area contributed by atoms with Crippen LogP contribution >= 0.6 is 0 Å². The van der Waals surface area contributed by atoms with Gasteiger partial charge in [-0.3, -0.25) is 0 Å². The Morgan fingerprint density at radius 2 is 1.79 bits per heavy atom. The molecule has 1 aromatic carbocycles. The SMILES string of the molecule is C1=C\C=C/c2ccccc2OC\C=C/1. The van der Waals surface area contributed by atoms with Crippen molar-refractivity contribution in [2.45, 2.75) is 0 Å². The highest BCUT2D eigenvalue weighted by atomic mass is 16.5. The number of ether oxygens (including phenoxy) is 1. The summed E-state index contributed by atoms with van der Waals surface area (Å²) in [5, 5.41) is 0. The fraction of sp³-hybridized carbons (Fsp3) is 0.0769. The molecule has 1 heteroatoms. The van der Waals surface area contributed by atoms with Gasteiger partial charge in [0.2, 0.25) is 0 Å². The average molecular weight is 184 g/mol. The Kier molecular flexibility index (Phi) is 2.82. The maximum Gasteiger partial charge on any atom is 0.126 e. The predicted molar refractivity (Wildman–Crippen MR) is 59.3 cm³/mol. The summed E-state index contributed by atoms with van der Waals surface area (Å²) in [7, 11) is 0. The van der Waals surface area contributed by atoms with Gasteiger partial charge in [0.1, 0.15) is 12.4 Å². The Balaban J connectivity index is 2.35. The molecule has 1 aromatic rings. The van der Waals surface area contributed by atoms with Gasteiger partial charge in [0.15, 0.2) is 0 Å². The van der Waals surface area contributed by atoms with Crippen LogP contribution in [0, 0.1) is 0 Å². The molecule has 70 valence electrons. The molecule has 0 N–H and O–H groups in total. The van der Waals surface area contributed by atoms with E-state index in [1.165, 1.54) is 0 Å². The maximum atomic E-state index is 5.59. The highest BCUT2D eigenvalue weighted by Gasteiger charge is 1.97. The normalized spacial score (nSPS) is 21.4. The van der Waals surface area contributed by atoms with E-state index in [0.717, 1.165) is 11.3 Å². The van der Waals surface area contributed by atoms with Gasteiger partial charge in [0.25, 0.3) is 0 Å². The Hall–Kier alpha value is -1.76. The predicted octanol–water partition coefficient (Wildman–Crippen LogP) is 3.20. The minimum atomic E-state index is 0.620. The maximum absolute atomic E-state index is 5.59. The molecule has 0 atom stereocenters. The number of allylic oxidation sites excluding steroid dienone is 4. The molecule has 0 amide bonds. The van der Waals surface area contributed by atoms with Crippen molar-refractivity contribution in [2.75, 3.05) is 6.61 Å². The van der Waals surface area contributed by atoms with Gasteiger partial charge in [-0.2, -0.15) is 0 Å². The van der Waals surface area contributed by atoms with Crippen LogP contribution in [0.5, 0.6) is 5.75 Å². The largest absolute Gasteiger partial charge is 0.489 e. The van der Waals surface area contributed by atoms with Crippen LogP contribution in [-0.4, -0.2) is 6.61 Å². The number of fused-ring (bicyclic) bond motifs is 1. The lowest BCUT2D eigenvalue weighted by molar-refractivity contribution is 0.362. The lowest BCUT2D eigenvalue weighted by atomic mass is 10.2. The second kappa shape index (κ2) is 4.47. The summed E-state index contributed by atoms with van der Waals surface area (Å²) in [4.78, 5) is 0. The van der Waals surface area contributed by atoms with Crippen LogP contribution in [0.3, 0.4) is 0 Å². The molecule has 0 unspecified atom stereocenters. The standard InChI is InChI=1S/C13H12O/c1-2-4-8-12-9-5-6-10-13(12)14-11-7-3-1/h1-10H,11H2/b2-1-,7-3-,8-4-. The van der Waals surface area contributed by atoms with Crippen molar-refractivity contribution in [1.29, 1.82) is 0 Å². The first kappa shape index (κ1) is 8.82. The number of rotatable bonds is 0. The quantitative estimate of drug-likeness (QED) is 0.601. The van der Waals surface area contributed by atoms with Crippen molar-refractivity contribution >= 4 is 6.08 Å². The average Bonchev–Trinajstić information content (AvgIpc) is 2.25. The van der Waals surface area contributed by atoms with Crippen LogP contribution in [0.4, 0.5) is 0 Å². The van der Waals surface area contributed by atoms with Crippen LogP contribution in [0.25, 0.3) is 6.08 Å². The van der Waals surface area contributed by atoms with Crippen molar-refractivity contribution in [1.82, 2.24) is 0 Å². The fourth-order valence-electron chi connectivity index (χ4n) is 1.31. The van der Waals surface area contributed by atoms with Gasteiger partial charge in [0, 0.05) is 5.56 Å². The zero-order valence-electron chi connectivity index (χ0n) is 7.89. The van der Waals surface area contributed by atoms with Crippen molar-refractivity contribution in [3.63, 3.8) is 0 Å². The third-order valence-electron chi connectivity index (χ3n) is 2.00. The van der Waals surface area contributed by atoms with Gasteiger partial charge in [-0.15, -0.1) is 0 Å². The third-order valence-corrected chi connectivity index (χ3v) is 2.00. The summed E-state index contributed by atoms with van der Waals surface area (Å²) in [6.45, 7) is 0.620. The molecule has 0 bridgehead atoms. The van der Waals surface area contributed by atoms with Gasteiger partial charge >= 0.3 is 0 Å². The van der Waals surface area contributed by atoms with Crippen LogP contribution in [-0.2, 0) is 0 Å². The molecule has 1 aliphatic heterocycles. The summed E-state index contributed by atoms with van der Waals surface area (Å²) < 4.78 is 5.59. The molecule has 0 fully saturated rings. The molecule has 0 radical (unpaired) electrons. The zero-order valence-corrected chi connectivity index (χ0v) is 7.89. The summed E-state index contributed by atoms with van der Waals surface area (Å²) in [5.41, 5.74) is 1.12. The molecule has 0 saturated carbocycles. The van der Waals surface area contributed by atoms with E-state index in [-0.39, 0.29) is 0 Å². The molecular formula is C13H12O. The highest BCUT2D eigenvalue weighted by Crippen LogP contribution is 2.19. The second-order valence-electron chi connectivity index (χ2n) is 3.02. The highest BCUT2D eigenvalue weighted by molar-refractivity contribution is 5.58. The molecular weight excluding hydrogens is 172 g/mol. The monoisotopic (exact) mass is 184 g/mol. The molecule has 0 aliphatic carbocycles. The van der Waals surface area contributed by atoms with Crippen molar-refractivity contribution in [2.24, 2.45) is 0 Å². The van der Waals surface area contributed by atoms with Crippen LogP contribution in [0.1, 0.15) is 5.56 Å². The molecule has 0 saturated heterocycles. The Morgan fingerprint density at radius 3 is 2.79 bits per heavy atom. The summed E-state index contributed by atoms with van der Waals surface area (Å²) in [5.74, 6) is 0.934. The first-order chi connectivity index (χ1) is 6.97. The van der Waals surface area contributed by atoms with E-state index in [0.29, 0.717) is 6.61 Å². The van der Waals surface area contributed by atoms with Crippen molar-refractivity contribution in [3.05, 3.63) is 60.2 Å². The van der Waals surface area contributed by atoms with Crippen molar-refractivity contribution in [3.8, 4) is 5.75 Å². The minimum Gasteiger partial charge on any atom is -0.489 e. The molecule has 0 spiro atoms. The van der Waals surface area contributed by atoms with E-state index in [2.05, 4.69) is 0 Å². The first-order valence-corrected chi connectivity index (χ1v) is 4.68. The molecule has 1 aliphatic rings. The van der Waals surface area contributed by atoms with Gasteiger partial charge in [-0.05, 0) is 12.1 Å². The van der Waals surface area contributed by atoms with E-state index in [1.807, 2.05) is 60.7 Å². The molecule has 14 heavy (non-hydrogen) atoms. The number of hydrogen-bond acceptors (Lipinski definition) is 1. The Labute approximate surface area is 84.0 Å².